The Morgan fingerprint density at radius 3 is 2.58 bits per heavy atom. The third-order valence-corrected chi connectivity index (χ3v) is 6.27. The highest BCUT2D eigenvalue weighted by molar-refractivity contribution is 7.17. The molecule has 0 saturated carbocycles. The number of methoxy groups -OCH3 is 1. The summed E-state index contributed by atoms with van der Waals surface area (Å²) in [5, 5.41) is 4.05. The van der Waals surface area contributed by atoms with Crippen LogP contribution < -0.4 is 4.74 Å². The second-order valence-corrected chi connectivity index (χ2v) is 8.22. The molecule has 3 aromatic rings. The van der Waals surface area contributed by atoms with E-state index in [1.54, 1.807) is 25.0 Å². The van der Waals surface area contributed by atoms with Gasteiger partial charge in [0.15, 0.2) is 0 Å². The summed E-state index contributed by atoms with van der Waals surface area (Å²) in [6.45, 7) is 3.26. The number of aromatic nitrogens is 2. The van der Waals surface area contributed by atoms with Crippen molar-refractivity contribution in [3.8, 4) is 27.9 Å². The van der Waals surface area contributed by atoms with Gasteiger partial charge in [0.1, 0.15) is 5.75 Å². The highest BCUT2D eigenvalue weighted by Gasteiger charge is 2.29. The van der Waals surface area contributed by atoms with Crippen molar-refractivity contribution in [3.05, 3.63) is 41.3 Å². The second-order valence-electron chi connectivity index (χ2n) is 7.13. The summed E-state index contributed by atoms with van der Waals surface area (Å²) in [6, 6.07) is 11.0. The molecule has 1 saturated heterocycles. The first-order valence-electron chi connectivity index (χ1n) is 10.1. The molecular formula is C22H23N3O5S. The number of amides is 1. The van der Waals surface area contributed by atoms with Gasteiger partial charge in [0.2, 0.25) is 5.82 Å². The molecule has 1 fully saturated rings. The molecule has 1 aromatic carbocycles. The normalized spacial score (nSPS) is 14.5. The summed E-state index contributed by atoms with van der Waals surface area (Å²) in [7, 11) is 1.61. The number of benzene rings is 1. The maximum absolute atomic E-state index is 12.9. The van der Waals surface area contributed by atoms with Gasteiger partial charge < -0.3 is 18.9 Å². The molecule has 1 aliphatic rings. The minimum absolute atomic E-state index is 0.0440. The van der Waals surface area contributed by atoms with Crippen LogP contribution in [0.1, 0.15) is 29.4 Å². The minimum Gasteiger partial charge on any atom is -0.497 e. The van der Waals surface area contributed by atoms with Crippen molar-refractivity contribution in [2.45, 2.75) is 19.8 Å². The van der Waals surface area contributed by atoms with Crippen LogP contribution >= 0.6 is 11.3 Å². The predicted molar refractivity (Wildman–Crippen MR) is 115 cm³/mol. The van der Waals surface area contributed by atoms with Crippen LogP contribution in [0.4, 0.5) is 0 Å². The van der Waals surface area contributed by atoms with E-state index in [4.69, 9.17) is 14.0 Å². The Morgan fingerprint density at radius 1 is 1.16 bits per heavy atom. The van der Waals surface area contributed by atoms with Gasteiger partial charge in [-0.2, -0.15) is 4.98 Å². The lowest BCUT2D eigenvalue weighted by molar-refractivity contribution is -0.149. The monoisotopic (exact) mass is 441 g/mol. The molecule has 0 radical (unpaired) electrons. The lowest BCUT2D eigenvalue weighted by atomic mass is 9.97. The number of hydrogen-bond acceptors (Lipinski definition) is 8. The van der Waals surface area contributed by atoms with E-state index in [0.29, 0.717) is 49.1 Å². The highest BCUT2D eigenvalue weighted by atomic mass is 32.1. The standard InChI is InChI=1S/C22H23N3O5S/c1-3-29-22(27)15-10-12-25(13-11-15)21(26)18-9-8-17(31-18)19-23-20(30-24-19)14-4-6-16(28-2)7-5-14/h4-9,15H,3,10-13H2,1-2H3. The van der Waals surface area contributed by atoms with Gasteiger partial charge in [-0.3, -0.25) is 9.59 Å². The van der Waals surface area contributed by atoms with Gasteiger partial charge in [0.05, 0.1) is 29.4 Å². The van der Waals surface area contributed by atoms with Crippen LogP contribution in [0.2, 0.25) is 0 Å². The number of carbonyl (C=O) groups is 2. The number of rotatable bonds is 6. The van der Waals surface area contributed by atoms with Gasteiger partial charge in [0.25, 0.3) is 11.8 Å². The second kappa shape index (κ2) is 9.30. The average Bonchev–Trinajstić information content (AvgIpc) is 3.49. The van der Waals surface area contributed by atoms with E-state index in [-0.39, 0.29) is 17.8 Å². The van der Waals surface area contributed by atoms with Crippen LogP contribution in [0, 0.1) is 5.92 Å². The zero-order chi connectivity index (χ0) is 21.8. The molecule has 162 valence electrons. The number of likely N-dealkylation sites (tertiary alicyclic amines) is 1. The molecule has 0 bridgehead atoms. The molecule has 0 N–H and O–H groups in total. The predicted octanol–water partition coefficient (Wildman–Crippen LogP) is 3.89. The Labute approximate surface area is 183 Å². The first kappa shape index (κ1) is 21.0. The van der Waals surface area contributed by atoms with Crippen molar-refractivity contribution in [3.63, 3.8) is 0 Å². The Morgan fingerprint density at radius 2 is 1.90 bits per heavy atom. The number of esters is 1. The Hall–Kier alpha value is -3.20. The molecule has 0 aliphatic carbocycles. The molecule has 3 heterocycles. The molecule has 0 atom stereocenters. The summed E-state index contributed by atoms with van der Waals surface area (Å²) in [6.07, 6.45) is 1.25. The molecule has 0 spiro atoms. The maximum atomic E-state index is 12.9. The number of carbonyl (C=O) groups excluding carboxylic acids is 2. The van der Waals surface area contributed by atoms with E-state index in [1.807, 2.05) is 30.3 Å². The Kier molecular flexibility index (Phi) is 6.31. The number of ether oxygens (including phenoxy) is 2. The van der Waals surface area contributed by atoms with Crippen LogP contribution in [0.25, 0.3) is 22.2 Å². The highest BCUT2D eigenvalue weighted by Crippen LogP contribution is 2.30. The van der Waals surface area contributed by atoms with Gasteiger partial charge in [-0.1, -0.05) is 5.16 Å². The van der Waals surface area contributed by atoms with Crippen LogP contribution in [-0.2, 0) is 9.53 Å². The molecule has 0 unspecified atom stereocenters. The first-order chi connectivity index (χ1) is 15.1. The van der Waals surface area contributed by atoms with E-state index in [0.717, 1.165) is 16.2 Å². The van der Waals surface area contributed by atoms with Crippen LogP contribution in [0.3, 0.4) is 0 Å². The number of hydrogen-bond donors (Lipinski definition) is 0. The Balaban J connectivity index is 1.41. The van der Waals surface area contributed by atoms with Crippen molar-refractivity contribution in [2.75, 3.05) is 26.8 Å². The fourth-order valence-electron chi connectivity index (χ4n) is 3.48. The quantitative estimate of drug-likeness (QED) is 0.536. The smallest absolute Gasteiger partial charge is 0.309 e. The van der Waals surface area contributed by atoms with Crippen LogP contribution in [0.15, 0.2) is 40.9 Å². The lowest BCUT2D eigenvalue weighted by Gasteiger charge is -2.30. The number of piperidine rings is 1. The van der Waals surface area contributed by atoms with Crippen LogP contribution in [0.5, 0.6) is 5.75 Å². The van der Waals surface area contributed by atoms with Gasteiger partial charge in [-0.15, -0.1) is 11.3 Å². The van der Waals surface area contributed by atoms with Gasteiger partial charge in [-0.25, -0.2) is 0 Å². The summed E-state index contributed by atoms with van der Waals surface area (Å²) in [5.41, 5.74) is 0.789. The molecule has 1 amide bonds. The zero-order valence-corrected chi connectivity index (χ0v) is 18.2. The van der Waals surface area contributed by atoms with Crippen molar-refractivity contribution in [1.29, 1.82) is 0 Å². The molecule has 4 rings (SSSR count). The number of thiophene rings is 1. The van der Waals surface area contributed by atoms with Crippen LogP contribution in [-0.4, -0.2) is 53.7 Å². The molecule has 8 nitrogen and oxygen atoms in total. The third kappa shape index (κ3) is 4.61. The lowest BCUT2D eigenvalue weighted by Crippen LogP contribution is -2.40. The van der Waals surface area contributed by atoms with Gasteiger partial charge in [-0.05, 0) is 56.2 Å². The summed E-state index contributed by atoms with van der Waals surface area (Å²) >= 11 is 1.33. The maximum Gasteiger partial charge on any atom is 0.309 e. The fourth-order valence-corrected chi connectivity index (χ4v) is 4.38. The Bertz CT molecular complexity index is 1050. The largest absolute Gasteiger partial charge is 0.497 e. The number of nitrogens with zero attached hydrogens (tertiary/aromatic N) is 3. The SMILES string of the molecule is CCOC(=O)C1CCN(C(=O)c2ccc(-c3noc(-c4ccc(OC)cc4)n3)s2)CC1. The minimum atomic E-state index is -0.169. The molecule has 1 aliphatic heterocycles. The van der Waals surface area contributed by atoms with Gasteiger partial charge in [0, 0.05) is 18.7 Å². The summed E-state index contributed by atoms with van der Waals surface area (Å²) in [5.74, 6) is 1.25. The summed E-state index contributed by atoms with van der Waals surface area (Å²) < 4.78 is 15.6. The van der Waals surface area contributed by atoms with Crippen molar-refractivity contribution < 1.29 is 23.6 Å². The molecule has 2 aromatic heterocycles. The molecular weight excluding hydrogens is 418 g/mol. The van der Waals surface area contributed by atoms with E-state index >= 15 is 0 Å². The van der Waals surface area contributed by atoms with Crippen molar-refractivity contribution in [1.82, 2.24) is 15.0 Å². The first-order valence-corrected chi connectivity index (χ1v) is 10.9. The summed E-state index contributed by atoms with van der Waals surface area (Å²) in [4.78, 5) is 32.4. The van der Waals surface area contributed by atoms with Crippen molar-refractivity contribution in [2.24, 2.45) is 5.92 Å². The van der Waals surface area contributed by atoms with Gasteiger partial charge >= 0.3 is 5.97 Å². The van der Waals surface area contributed by atoms with Crippen molar-refractivity contribution >= 4 is 23.2 Å². The van der Waals surface area contributed by atoms with E-state index in [2.05, 4.69) is 10.1 Å². The topological polar surface area (TPSA) is 94.8 Å². The third-order valence-electron chi connectivity index (χ3n) is 5.20. The van der Waals surface area contributed by atoms with E-state index < -0.39 is 0 Å². The zero-order valence-electron chi connectivity index (χ0n) is 17.4. The van der Waals surface area contributed by atoms with E-state index in [9.17, 15) is 9.59 Å². The molecule has 9 heteroatoms. The molecule has 31 heavy (non-hydrogen) atoms. The fraction of sp³-hybridized carbons (Fsp3) is 0.364. The average molecular weight is 442 g/mol. The van der Waals surface area contributed by atoms with E-state index in [1.165, 1.54) is 11.3 Å².